The number of amides is 2. The summed E-state index contributed by atoms with van der Waals surface area (Å²) in [4.78, 5) is 38.9. The van der Waals surface area contributed by atoms with Crippen LogP contribution in [0.15, 0.2) is 48.5 Å². The summed E-state index contributed by atoms with van der Waals surface area (Å²) in [5, 5.41) is 14.5. The summed E-state index contributed by atoms with van der Waals surface area (Å²) in [6.45, 7) is 5.37. The van der Waals surface area contributed by atoms with E-state index in [1.54, 1.807) is 0 Å². The van der Waals surface area contributed by atoms with E-state index in [-0.39, 0.29) is 18.6 Å². The van der Waals surface area contributed by atoms with E-state index in [9.17, 15) is 19.5 Å². The van der Waals surface area contributed by atoms with Crippen molar-refractivity contribution in [1.82, 2.24) is 15.5 Å². The quantitative estimate of drug-likeness (QED) is 0.503. The second-order valence-corrected chi connectivity index (χ2v) is 8.94. The average molecular weight is 482 g/mol. The van der Waals surface area contributed by atoms with Crippen LogP contribution < -0.4 is 10.6 Å². The number of carboxylic acids is 1. The third-order valence-corrected chi connectivity index (χ3v) is 6.36. The molecule has 186 valence electrons. The van der Waals surface area contributed by atoms with E-state index in [4.69, 9.17) is 9.47 Å². The van der Waals surface area contributed by atoms with Crippen molar-refractivity contribution in [2.45, 2.75) is 31.3 Å². The topological polar surface area (TPSA) is 117 Å². The van der Waals surface area contributed by atoms with E-state index >= 15 is 0 Å². The molecule has 4 rings (SSSR count). The van der Waals surface area contributed by atoms with Gasteiger partial charge in [-0.2, -0.15) is 0 Å². The molecule has 2 atom stereocenters. The first-order valence-electron chi connectivity index (χ1n) is 11.9. The maximum Gasteiger partial charge on any atom is 0.407 e. The van der Waals surface area contributed by atoms with Gasteiger partial charge in [-0.15, -0.1) is 0 Å². The molecule has 1 heterocycles. The molecular weight excluding hydrogens is 450 g/mol. The largest absolute Gasteiger partial charge is 0.481 e. The standard InChI is InChI=1S/C26H31N3O6/c1-17(15-29-10-12-34-13-11-29)27-25(32)23(14-24(30)31)28-26(33)35-16-22-20-8-4-2-6-18(20)19-7-3-5-9-21(19)22/h2-9,17,22-23H,10-16H2,1H3,(H,27,32)(H,28,33)(H,30,31). The van der Waals surface area contributed by atoms with Crippen LogP contribution >= 0.6 is 0 Å². The van der Waals surface area contributed by atoms with Gasteiger partial charge in [0.25, 0.3) is 0 Å². The Hall–Kier alpha value is -3.43. The van der Waals surface area contributed by atoms with Crippen LogP contribution in [0.5, 0.6) is 0 Å². The number of carboxylic acid groups (broad SMARTS) is 1. The van der Waals surface area contributed by atoms with E-state index in [0.717, 1.165) is 35.3 Å². The van der Waals surface area contributed by atoms with E-state index in [0.29, 0.717) is 19.8 Å². The van der Waals surface area contributed by atoms with Crippen molar-refractivity contribution in [3.05, 3.63) is 59.7 Å². The number of morpholine rings is 1. The molecule has 2 aromatic carbocycles. The zero-order valence-electron chi connectivity index (χ0n) is 19.7. The number of nitrogens with zero attached hydrogens (tertiary/aromatic N) is 1. The number of alkyl carbamates (subject to hydrolysis) is 1. The van der Waals surface area contributed by atoms with Crippen LogP contribution in [-0.2, 0) is 19.1 Å². The van der Waals surface area contributed by atoms with Crippen LogP contribution in [-0.4, -0.2) is 79.5 Å². The van der Waals surface area contributed by atoms with Crippen molar-refractivity contribution >= 4 is 18.0 Å². The van der Waals surface area contributed by atoms with E-state index in [2.05, 4.69) is 15.5 Å². The van der Waals surface area contributed by atoms with Gasteiger partial charge >= 0.3 is 12.1 Å². The highest BCUT2D eigenvalue weighted by molar-refractivity contribution is 5.89. The third-order valence-electron chi connectivity index (χ3n) is 6.36. The van der Waals surface area contributed by atoms with Crippen LogP contribution in [0.2, 0.25) is 0 Å². The molecule has 0 aromatic heterocycles. The maximum absolute atomic E-state index is 12.8. The van der Waals surface area contributed by atoms with Gasteiger partial charge in [0.15, 0.2) is 0 Å². The predicted molar refractivity (Wildman–Crippen MR) is 129 cm³/mol. The minimum absolute atomic E-state index is 0.0781. The zero-order chi connectivity index (χ0) is 24.8. The molecule has 0 bridgehead atoms. The lowest BCUT2D eigenvalue weighted by Gasteiger charge is -2.30. The Bertz CT molecular complexity index is 1020. The van der Waals surface area contributed by atoms with Gasteiger partial charge in [0, 0.05) is 31.6 Å². The number of fused-ring (bicyclic) bond motifs is 3. The molecule has 2 aliphatic rings. The number of nitrogens with one attached hydrogen (secondary N) is 2. The monoisotopic (exact) mass is 481 g/mol. The van der Waals surface area contributed by atoms with Crippen molar-refractivity contribution < 1.29 is 29.0 Å². The van der Waals surface area contributed by atoms with E-state index in [1.807, 2.05) is 55.5 Å². The first-order chi connectivity index (χ1) is 16.9. The Morgan fingerprint density at radius 2 is 1.63 bits per heavy atom. The summed E-state index contributed by atoms with van der Waals surface area (Å²) in [7, 11) is 0. The second-order valence-electron chi connectivity index (χ2n) is 8.94. The zero-order valence-corrected chi connectivity index (χ0v) is 19.7. The molecule has 0 spiro atoms. The fraction of sp³-hybridized carbons (Fsp3) is 0.423. The Morgan fingerprint density at radius 3 is 2.23 bits per heavy atom. The van der Waals surface area contributed by atoms with Crippen molar-refractivity contribution in [3.8, 4) is 11.1 Å². The molecule has 1 aliphatic heterocycles. The van der Waals surface area contributed by atoms with Crippen molar-refractivity contribution in [2.75, 3.05) is 39.5 Å². The van der Waals surface area contributed by atoms with Crippen molar-refractivity contribution in [2.24, 2.45) is 0 Å². The molecule has 1 aliphatic carbocycles. The molecule has 2 aromatic rings. The molecule has 9 heteroatoms. The van der Waals surface area contributed by atoms with Gasteiger partial charge < -0.3 is 25.2 Å². The Morgan fingerprint density at radius 1 is 1.03 bits per heavy atom. The lowest BCUT2D eigenvalue weighted by Crippen LogP contribution is -2.53. The maximum atomic E-state index is 12.8. The van der Waals surface area contributed by atoms with Crippen LogP contribution in [0, 0.1) is 0 Å². The van der Waals surface area contributed by atoms with Gasteiger partial charge in [0.1, 0.15) is 12.6 Å². The summed E-state index contributed by atoms with van der Waals surface area (Å²) in [5.74, 6) is -1.87. The van der Waals surface area contributed by atoms with Crippen molar-refractivity contribution in [3.63, 3.8) is 0 Å². The third kappa shape index (κ3) is 6.17. The highest BCUT2D eigenvalue weighted by Gasteiger charge is 2.30. The first kappa shape index (κ1) is 24.7. The number of rotatable bonds is 9. The molecule has 2 amide bonds. The molecule has 2 unspecified atom stereocenters. The number of benzene rings is 2. The second kappa shape index (κ2) is 11.3. The smallest absolute Gasteiger partial charge is 0.407 e. The number of carbonyl (C=O) groups excluding carboxylic acids is 2. The van der Waals surface area contributed by atoms with Gasteiger partial charge in [-0.1, -0.05) is 48.5 Å². The molecular formula is C26H31N3O6. The van der Waals surface area contributed by atoms with Gasteiger partial charge in [0.2, 0.25) is 5.91 Å². The molecule has 1 saturated heterocycles. The van der Waals surface area contributed by atoms with Crippen LogP contribution in [0.1, 0.15) is 30.4 Å². The molecule has 0 radical (unpaired) electrons. The molecule has 35 heavy (non-hydrogen) atoms. The summed E-state index contributed by atoms with van der Waals surface area (Å²) in [5.41, 5.74) is 4.35. The molecule has 9 nitrogen and oxygen atoms in total. The minimum Gasteiger partial charge on any atom is -0.481 e. The minimum atomic E-state index is -1.24. The van der Waals surface area contributed by atoms with Crippen LogP contribution in [0.25, 0.3) is 11.1 Å². The Labute approximate surface area is 204 Å². The molecule has 3 N–H and O–H groups in total. The van der Waals surface area contributed by atoms with Gasteiger partial charge in [0.05, 0.1) is 19.6 Å². The SMILES string of the molecule is CC(CN1CCOCC1)NC(=O)C(CC(=O)O)NC(=O)OCC1c2ccccc2-c2ccccc21. The Kier molecular flexibility index (Phi) is 7.99. The molecule has 1 fully saturated rings. The van der Waals surface area contributed by atoms with E-state index < -0.39 is 30.4 Å². The summed E-state index contributed by atoms with van der Waals surface area (Å²) < 4.78 is 10.8. The molecule has 0 saturated carbocycles. The summed E-state index contributed by atoms with van der Waals surface area (Å²) in [6.07, 6.45) is -1.37. The van der Waals surface area contributed by atoms with Gasteiger partial charge in [-0.25, -0.2) is 4.79 Å². The normalized spacial score (nSPS) is 17.1. The van der Waals surface area contributed by atoms with Crippen LogP contribution in [0.3, 0.4) is 0 Å². The van der Waals surface area contributed by atoms with Gasteiger partial charge in [-0.05, 0) is 29.2 Å². The number of aliphatic carboxylic acids is 1. The lowest BCUT2D eigenvalue weighted by atomic mass is 9.98. The summed E-state index contributed by atoms with van der Waals surface area (Å²) >= 11 is 0. The number of ether oxygens (including phenoxy) is 2. The van der Waals surface area contributed by atoms with Gasteiger partial charge in [-0.3, -0.25) is 14.5 Å². The first-order valence-corrected chi connectivity index (χ1v) is 11.9. The summed E-state index contributed by atoms with van der Waals surface area (Å²) in [6, 6.07) is 14.5. The highest BCUT2D eigenvalue weighted by atomic mass is 16.5. The fourth-order valence-corrected chi connectivity index (χ4v) is 4.73. The van der Waals surface area contributed by atoms with Crippen LogP contribution in [0.4, 0.5) is 4.79 Å². The fourth-order valence-electron chi connectivity index (χ4n) is 4.73. The lowest BCUT2D eigenvalue weighted by molar-refractivity contribution is -0.140. The highest BCUT2D eigenvalue weighted by Crippen LogP contribution is 2.44. The van der Waals surface area contributed by atoms with Crippen molar-refractivity contribution in [1.29, 1.82) is 0 Å². The van der Waals surface area contributed by atoms with E-state index in [1.165, 1.54) is 0 Å². The number of carbonyl (C=O) groups is 3. The number of hydrogen-bond acceptors (Lipinski definition) is 6. The Balaban J connectivity index is 1.35. The predicted octanol–water partition coefficient (Wildman–Crippen LogP) is 2.21. The number of hydrogen-bond donors (Lipinski definition) is 3. The average Bonchev–Trinajstić information content (AvgIpc) is 3.16.